The molecule has 19 heavy (non-hydrogen) atoms. The van der Waals surface area contributed by atoms with Crippen molar-refractivity contribution in [1.82, 2.24) is 14.8 Å². The SMILES string of the molecule is CC(CCBr)CCOc1ncn(-c2ccccc2)n1. The maximum Gasteiger partial charge on any atom is 0.335 e. The Morgan fingerprint density at radius 2 is 2.05 bits per heavy atom. The highest BCUT2D eigenvalue weighted by molar-refractivity contribution is 9.09. The van der Waals surface area contributed by atoms with Crippen LogP contribution in [0.15, 0.2) is 36.7 Å². The number of nitrogens with zero attached hydrogens (tertiary/aromatic N) is 3. The van der Waals surface area contributed by atoms with E-state index in [2.05, 4.69) is 32.9 Å². The van der Waals surface area contributed by atoms with Gasteiger partial charge in [-0.3, -0.25) is 0 Å². The molecule has 0 radical (unpaired) electrons. The maximum atomic E-state index is 5.57. The fourth-order valence-electron chi connectivity index (χ4n) is 1.70. The number of rotatable bonds is 7. The summed E-state index contributed by atoms with van der Waals surface area (Å²) in [6, 6.07) is 10.3. The molecule has 0 saturated carbocycles. The van der Waals surface area contributed by atoms with Crippen LogP contribution < -0.4 is 4.74 Å². The molecule has 1 heterocycles. The summed E-state index contributed by atoms with van der Waals surface area (Å²) in [4.78, 5) is 4.16. The van der Waals surface area contributed by atoms with Gasteiger partial charge in [0, 0.05) is 5.33 Å². The number of hydrogen-bond donors (Lipinski definition) is 0. The first-order valence-electron chi connectivity index (χ1n) is 6.45. The molecule has 1 aromatic heterocycles. The minimum absolute atomic E-state index is 0.440. The lowest BCUT2D eigenvalue weighted by molar-refractivity contribution is 0.262. The second kappa shape index (κ2) is 7.28. The fourth-order valence-corrected chi connectivity index (χ4v) is 2.48. The van der Waals surface area contributed by atoms with E-state index in [4.69, 9.17) is 4.74 Å². The molecule has 1 aromatic carbocycles. The Labute approximate surface area is 121 Å². The minimum Gasteiger partial charge on any atom is -0.462 e. The quantitative estimate of drug-likeness (QED) is 0.732. The lowest BCUT2D eigenvalue weighted by atomic mass is 10.1. The molecule has 0 fully saturated rings. The summed E-state index contributed by atoms with van der Waals surface area (Å²) < 4.78 is 7.29. The van der Waals surface area contributed by atoms with Crippen molar-refractivity contribution in [3.63, 3.8) is 0 Å². The first-order valence-corrected chi connectivity index (χ1v) is 7.57. The van der Waals surface area contributed by atoms with Crippen molar-refractivity contribution in [2.75, 3.05) is 11.9 Å². The fraction of sp³-hybridized carbons (Fsp3) is 0.429. The van der Waals surface area contributed by atoms with Gasteiger partial charge >= 0.3 is 6.01 Å². The minimum atomic E-state index is 0.440. The lowest BCUT2D eigenvalue weighted by Crippen LogP contribution is -2.05. The Hall–Kier alpha value is -1.36. The Balaban J connectivity index is 1.85. The van der Waals surface area contributed by atoms with E-state index in [1.165, 1.54) is 0 Å². The third-order valence-corrected chi connectivity index (χ3v) is 3.39. The van der Waals surface area contributed by atoms with E-state index in [0.29, 0.717) is 18.5 Å². The van der Waals surface area contributed by atoms with Gasteiger partial charge in [-0.15, -0.1) is 5.10 Å². The van der Waals surface area contributed by atoms with E-state index in [0.717, 1.165) is 23.9 Å². The topological polar surface area (TPSA) is 39.9 Å². The molecule has 4 nitrogen and oxygen atoms in total. The van der Waals surface area contributed by atoms with Crippen LogP contribution in [0.2, 0.25) is 0 Å². The number of halogens is 1. The van der Waals surface area contributed by atoms with Crippen LogP contribution in [0.4, 0.5) is 0 Å². The largest absolute Gasteiger partial charge is 0.462 e. The number of benzene rings is 1. The van der Waals surface area contributed by atoms with Gasteiger partial charge in [0.2, 0.25) is 0 Å². The van der Waals surface area contributed by atoms with Crippen LogP contribution in [0.3, 0.4) is 0 Å². The molecule has 0 amide bonds. The molecule has 1 atom stereocenters. The Morgan fingerprint density at radius 3 is 2.79 bits per heavy atom. The second-order valence-electron chi connectivity index (χ2n) is 4.53. The van der Waals surface area contributed by atoms with E-state index in [9.17, 15) is 0 Å². The molecule has 0 bridgehead atoms. The smallest absolute Gasteiger partial charge is 0.335 e. The van der Waals surface area contributed by atoms with Crippen molar-refractivity contribution in [3.8, 4) is 11.7 Å². The van der Waals surface area contributed by atoms with Gasteiger partial charge in [-0.05, 0) is 30.9 Å². The van der Waals surface area contributed by atoms with E-state index in [1.54, 1.807) is 11.0 Å². The average molecular weight is 324 g/mol. The monoisotopic (exact) mass is 323 g/mol. The number of ether oxygens (including phenoxy) is 1. The van der Waals surface area contributed by atoms with Crippen LogP contribution in [0.5, 0.6) is 6.01 Å². The predicted octanol–water partition coefficient (Wildman–Crippen LogP) is 3.46. The van der Waals surface area contributed by atoms with Crippen LogP contribution in [0, 0.1) is 5.92 Å². The van der Waals surface area contributed by atoms with E-state index >= 15 is 0 Å². The average Bonchev–Trinajstić information content (AvgIpc) is 2.89. The zero-order chi connectivity index (χ0) is 13.5. The summed E-state index contributed by atoms with van der Waals surface area (Å²) >= 11 is 3.45. The Bertz CT molecular complexity index is 486. The maximum absolute atomic E-state index is 5.57. The second-order valence-corrected chi connectivity index (χ2v) is 5.32. The van der Waals surface area contributed by atoms with Gasteiger partial charge in [0.15, 0.2) is 0 Å². The third-order valence-electron chi connectivity index (χ3n) is 2.94. The normalized spacial score (nSPS) is 12.3. The molecular formula is C14H18BrN3O. The molecule has 5 heteroatoms. The van der Waals surface area contributed by atoms with E-state index in [-0.39, 0.29) is 0 Å². The molecule has 0 saturated heterocycles. The standard InChI is InChI=1S/C14H18BrN3O/c1-12(7-9-15)8-10-19-14-16-11-18(17-14)13-5-3-2-4-6-13/h2-6,11-12H,7-10H2,1H3. The molecule has 0 spiro atoms. The van der Waals surface area contributed by atoms with Crippen molar-refractivity contribution < 1.29 is 4.74 Å². The summed E-state index contributed by atoms with van der Waals surface area (Å²) in [7, 11) is 0. The highest BCUT2D eigenvalue weighted by Crippen LogP contribution is 2.11. The molecule has 0 aliphatic heterocycles. The van der Waals surface area contributed by atoms with Crippen LogP contribution in [-0.2, 0) is 0 Å². The molecule has 1 unspecified atom stereocenters. The molecule has 0 N–H and O–H groups in total. The lowest BCUT2D eigenvalue weighted by Gasteiger charge is -2.08. The first-order chi connectivity index (χ1) is 9.29. The molecule has 0 aliphatic rings. The van der Waals surface area contributed by atoms with Gasteiger partial charge in [0.05, 0.1) is 12.3 Å². The van der Waals surface area contributed by atoms with Gasteiger partial charge in [-0.25, -0.2) is 4.68 Å². The zero-order valence-corrected chi connectivity index (χ0v) is 12.6. The molecule has 102 valence electrons. The highest BCUT2D eigenvalue weighted by atomic mass is 79.9. The molecule has 2 aromatic rings. The van der Waals surface area contributed by atoms with E-state index in [1.807, 2.05) is 30.3 Å². The van der Waals surface area contributed by atoms with Crippen molar-refractivity contribution in [3.05, 3.63) is 36.7 Å². The van der Waals surface area contributed by atoms with Crippen LogP contribution >= 0.6 is 15.9 Å². The van der Waals surface area contributed by atoms with Crippen molar-refractivity contribution in [2.45, 2.75) is 19.8 Å². The molecule has 2 rings (SSSR count). The van der Waals surface area contributed by atoms with Crippen molar-refractivity contribution >= 4 is 15.9 Å². The summed E-state index contributed by atoms with van der Waals surface area (Å²) in [6.45, 7) is 2.88. The number of aromatic nitrogens is 3. The van der Waals surface area contributed by atoms with Crippen LogP contribution in [-0.4, -0.2) is 26.7 Å². The van der Waals surface area contributed by atoms with Gasteiger partial charge in [-0.2, -0.15) is 4.98 Å². The Morgan fingerprint density at radius 1 is 1.26 bits per heavy atom. The highest BCUT2D eigenvalue weighted by Gasteiger charge is 2.05. The van der Waals surface area contributed by atoms with Gasteiger partial charge < -0.3 is 4.74 Å². The first kappa shape index (κ1) is 14.1. The van der Waals surface area contributed by atoms with Crippen molar-refractivity contribution in [1.29, 1.82) is 0 Å². The zero-order valence-electron chi connectivity index (χ0n) is 11.0. The van der Waals surface area contributed by atoms with Gasteiger partial charge in [0.25, 0.3) is 0 Å². The molecular weight excluding hydrogens is 306 g/mol. The molecule has 0 aliphatic carbocycles. The van der Waals surface area contributed by atoms with Gasteiger partial charge in [-0.1, -0.05) is 41.1 Å². The van der Waals surface area contributed by atoms with E-state index < -0.39 is 0 Å². The summed E-state index contributed by atoms with van der Waals surface area (Å²) in [6.07, 6.45) is 3.85. The van der Waals surface area contributed by atoms with Crippen LogP contribution in [0.25, 0.3) is 5.69 Å². The van der Waals surface area contributed by atoms with Gasteiger partial charge in [0.1, 0.15) is 6.33 Å². The number of hydrogen-bond acceptors (Lipinski definition) is 3. The number of alkyl halides is 1. The summed E-state index contributed by atoms with van der Waals surface area (Å²) in [5.74, 6) is 0.649. The van der Waals surface area contributed by atoms with Crippen molar-refractivity contribution in [2.24, 2.45) is 5.92 Å². The third kappa shape index (κ3) is 4.35. The number of para-hydroxylation sites is 1. The predicted molar refractivity (Wildman–Crippen MR) is 79.0 cm³/mol. The summed E-state index contributed by atoms with van der Waals surface area (Å²) in [5.41, 5.74) is 0.984. The Kier molecular flexibility index (Phi) is 5.39. The van der Waals surface area contributed by atoms with Crippen LogP contribution in [0.1, 0.15) is 19.8 Å². The summed E-state index contributed by atoms with van der Waals surface area (Å²) in [5, 5.41) is 5.33.